The van der Waals surface area contributed by atoms with Crippen molar-refractivity contribution in [1.82, 2.24) is 0 Å². The highest BCUT2D eigenvalue weighted by atomic mass is 79.9. The Balaban J connectivity index is 2.09. The van der Waals surface area contributed by atoms with Gasteiger partial charge in [0.2, 0.25) is 0 Å². The van der Waals surface area contributed by atoms with Crippen LogP contribution in [-0.4, -0.2) is 0 Å². The quantitative estimate of drug-likeness (QED) is 0.713. The third kappa shape index (κ3) is 3.37. The van der Waals surface area contributed by atoms with Gasteiger partial charge in [0.25, 0.3) is 0 Å². The molecular formula is C13H8BrCl2FO. The minimum absolute atomic E-state index is 0.136. The van der Waals surface area contributed by atoms with Gasteiger partial charge in [0.1, 0.15) is 18.2 Å². The van der Waals surface area contributed by atoms with Crippen molar-refractivity contribution >= 4 is 39.1 Å². The van der Waals surface area contributed by atoms with Crippen LogP contribution in [0.4, 0.5) is 4.39 Å². The van der Waals surface area contributed by atoms with Gasteiger partial charge in [-0.3, -0.25) is 0 Å². The van der Waals surface area contributed by atoms with Crippen LogP contribution in [0.25, 0.3) is 0 Å². The highest BCUT2D eigenvalue weighted by Crippen LogP contribution is 2.27. The van der Waals surface area contributed by atoms with Gasteiger partial charge in [-0.1, -0.05) is 45.2 Å². The Hall–Kier alpha value is -0.770. The summed E-state index contributed by atoms with van der Waals surface area (Å²) in [5.74, 6) is 0.233. The minimum atomic E-state index is -0.315. The molecule has 2 aromatic carbocycles. The van der Waals surface area contributed by atoms with E-state index in [0.29, 0.717) is 25.8 Å². The van der Waals surface area contributed by atoms with E-state index in [1.54, 1.807) is 30.3 Å². The summed E-state index contributed by atoms with van der Waals surface area (Å²) in [5, 5.41) is 0.865. The van der Waals surface area contributed by atoms with E-state index < -0.39 is 0 Å². The molecule has 0 heterocycles. The van der Waals surface area contributed by atoms with Crippen molar-refractivity contribution < 1.29 is 9.13 Å². The number of hydrogen-bond acceptors (Lipinski definition) is 1. The van der Waals surface area contributed by atoms with Crippen molar-refractivity contribution in [3.05, 3.63) is 62.3 Å². The van der Waals surface area contributed by atoms with E-state index in [2.05, 4.69) is 15.9 Å². The molecule has 0 saturated heterocycles. The number of halogens is 4. The summed E-state index contributed by atoms with van der Waals surface area (Å²) >= 11 is 14.8. The first-order valence-electron chi connectivity index (χ1n) is 5.08. The van der Waals surface area contributed by atoms with Gasteiger partial charge in [-0.2, -0.15) is 0 Å². The van der Waals surface area contributed by atoms with Gasteiger partial charge >= 0.3 is 0 Å². The average molecular weight is 350 g/mol. The predicted octanol–water partition coefficient (Wildman–Crippen LogP) is 5.47. The van der Waals surface area contributed by atoms with Gasteiger partial charge in [-0.15, -0.1) is 0 Å². The van der Waals surface area contributed by atoms with Gasteiger partial charge in [0.15, 0.2) is 0 Å². The first kappa shape index (κ1) is 13.7. The topological polar surface area (TPSA) is 9.23 Å². The third-order valence-corrected chi connectivity index (χ3v) is 3.53. The Morgan fingerprint density at radius 2 is 1.83 bits per heavy atom. The summed E-state index contributed by atoms with van der Waals surface area (Å²) in [4.78, 5) is 0. The van der Waals surface area contributed by atoms with Crippen LogP contribution in [-0.2, 0) is 6.61 Å². The molecule has 18 heavy (non-hydrogen) atoms. The molecule has 5 heteroatoms. The summed E-state index contributed by atoms with van der Waals surface area (Å²) < 4.78 is 19.7. The average Bonchev–Trinajstić information content (AvgIpc) is 2.32. The molecule has 0 atom stereocenters. The largest absolute Gasteiger partial charge is 0.489 e. The lowest BCUT2D eigenvalue weighted by molar-refractivity contribution is 0.300. The van der Waals surface area contributed by atoms with Gasteiger partial charge in [0.05, 0.1) is 10.0 Å². The summed E-state index contributed by atoms with van der Waals surface area (Å²) in [6.07, 6.45) is 0. The maximum absolute atomic E-state index is 13.5. The van der Waals surface area contributed by atoms with Crippen LogP contribution in [0.15, 0.2) is 40.9 Å². The van der Waals surface area contributed by atoms with Crippen LogP contribution in [0.5, 0.6) is 5.75 Å². The number of benzene rings is 2. The highest BCUT2D eigenvalue weighted by Gasteiger charge is 2.05. The van der Waals surface area contributed by atoms with Crippen molar-refractivity contribution in [3.63, 3.8) is 0 Å². The normalized spacial score (nSPS) is 10.4. The summed E-state index contributed by atoms with van der Waals surface area (Å²) in [7, 11) is 0. The molecular weight excluding hydrogens is 342 g/mol. The van der Waals surface area contributed by atoms with Crippen LogP contribution in [0, 0.1) is 5.82 Å². The molecule has 2 rings (SSSR count). The molecule has 0 unspecified atom stereocenters. The van der Waals surface area contributed by atoms with E-state index in [4.69, 9.17) is 27.9 Å². The maximum Gasteiger partial charge on any atom is 0.130 e. The van der Waals surface area contributed by atoms with Crippen LogP contribution in [0.3, 0.4) is 0 Å². The van der Waals surface area contributed by atoms with E-state index in [0.717, 1.165) is 0 Å². The molecule has 0 aliphatic rings. The Bertz CT molecular complexity index is 575. The molecule has 0 spiro atoms. The first-order valence-corrected chi connectivity index (χ1v) is 6.63. The molecule has 0 amide bonds. The maximum atomic E-state index is 13.5. The number of rotatable bonds is 3. The molecule has 2 aromatic rings. The summed E-state index contributed by atoms with van der Waals surface area (Å²) in [6, 6.07) is 9.74. The van der Waals surface area contributed by atoms with Crippen molar-refractivity contribution in [3.8, 4) is 5.75 Å². The van der Waals surface area contributed by atoms with Gasteiger partial charge in [0, 0.05) is 16.1 Å². The zero-order valence-corrected chi connectivity index (χ0v) is 12.2. The Labute approximate surface area is 123 Å². The second kappa shape index (κ2) is 5.91. The molecule has 0 aliphatic carbocycles. The fourth-order valence-electron chi connectivity index (χ4n) is 1.37. The number of ether oxygens (including phenoxy) is 1. The summed E-state index contributed by atoms with van der Waals surface area (Å²) in [6.45, 7) is 0.136. The Morgan fingerprint density at radius 3 is 2.50 bits per heavy atom. The van der Waals surface area contributed by atoms with E-state index >= 15 is 0 Å². The molecule has 0 radical (unpaired) electrons. The van der Waals surface area contributed by atoms with E-state index in [1.165, 1.54) is 6.07 Å². The molecule has 1 nitrogen and oxygen atoms in total. The minimum Gasteiger partial charge on any atom is -0.489 e. The van der Waals surface area contributed by atoms with Crippen LogP contribution in [0.2, 0.25) is 10.0 Å². The Morgan fingerprint density at radius 1 is 1.06 bits per heavy atom. The smallest absolute Gasteiger partial charge is 0.130 e. The van der Waals surface area contributed by atoms with Crippen molar-refractivity contribution in [1.29, 1.82) is 0 Å². The van der Waals surface area contributed by atoms with Gasteiger partial charge in [-0.05, 0) is 24.3 Å². The Kier molecular flexibility index (Phi) is 4.49. The van der Waals surface area contributed by atoms with Gasteiger partial charge in [-0.25, -0.2) is 4.39 Å². The van der Waals surface area contributed by atoms with Crippen molar-refractivity contribution in [2.24, 2.45) is 0 Å². The second-order valence-electron chi connectivity index (χ2n) is 3.60. The molecule has 0 N–H and O–H groups in total. The molecule has 94 valence electrons. The fourth-order valence-corrected chi connectivity index (χ4v) is 1.99. The van der Waals surface area contributed by atoms with Gasteiger partial charge < -0.3 is 4.74 Å². The highest BCUT2D eigenvalue weighted by molar-refractivity contribution is 9.10. The van der Waals surface area contributed by atoms with E-state index in [-0.39, 0.29) is 12.4 Å². The number of hydrogen-bond donors (Lipinski definition) is 0. The van der Waals surface area contributed by atoms with Crippen LogP contribution >= 0.6 is 39.1 Å². The molecule has 0 fully saturated rings. The molecule has 0 aromatic heterocycles. The molecule has 0 aliphatic heterocycles. The first-order chi connectivity index (χ1) is 8.56. The molecule has 0 bridgehead atoms. The zero-order valence-electron chi connectivity index (χ0n) is 9.09. The molecule has 0 saturated carbocycles. The van der Waals surface area contributed by atoms with Crippen molar-refractivity contribution in [2.45, 2.75) is 6.61 Å². The van der Waals surface area contributed by atoms with E-state index in [9.17, 15) is 4.39 Å². The zero-order chi connectivity index (χ0) is 13.1. The van der Waals surface area contributed by atoms with Crippen LogP contribution in [0.1, 0.15) is 5.56 Å². The third-order valence-electron chi connectivity index (χ3n) is 2.30. The SMILES string of the molecule is Fc1cc(Br)ccc1COc1ccc(Cl)c(Cl)c1. The van der Waals surface area contributed by atoms with Crippen LogP contribution < -0.4 is 4.74 Å². The predicted molar refractivity (Wildman–Crippen MR) is 74.9 cm³/mol. The van der Waals surface area contributed by atoms with E-state index in [1.807, 2.05) is 0 Å². The van der Waals surface area contributed by atoms with Crippen molar-refractivity contribution in [2.75, 3.05) is 0 Å². The summed E-state index contributed by atoms with van der Waals surface area (Å²) in [5.41, 5.74) is 0.476. The second-order valence-corrected chi connectivity index (χ2v) is 5.33. The lowest BCUT2D eigenvalue weighted by Crippen LogP contribution is -1.98. The lowest BCUT2D eigenvalue weighted by atomic mass is 10.2. The standard InChI is InChI=1S/C13H8BrCl2FO/c14-9-2-1-8(13(17)5-9)7-18-10-3-4-11(15)12(16)6-10/h1-6H,7H2. The fraction of sp³-hybridized carbons (Fsp3) is 0.0769. The lowest BCUT2D eigenvalue weighted by Gasteiger charge is -2.08. The monoisotopic (exact) mass is 348 g/mol.